The van der Waals surface area contributed by atoms with Crippen LogP contribution in [0.5, 0.6) is 5.75 Å². The van der Waals surface area contributed by atoms with Crippen molar-refractivity contribution >= 4 is 0 Å². The third kappa shape index (κ3) is 8.31. The van der Waals surface area contributed by atoms with E-state index in [1.165, 1.54) is 89.9 Å². The maximum atomic E-state index is 14.9. The number of halogens is 2. The zero-order valence-corrected chi connectivity index (χ0v) is 24.4. The van der Waals surface area contributed by atoms with Crippen molar-refractivity contribution in [3.05, 3.63) is 41.5 Å². The molecule has 3 saturated carbocycles. The molecule has 3 aliphatic rings. The van der Waals surface area contributed by atoms with Gasteiger partial charge in [0.1, 0.15) is 0 Å². The molecule has 0 amide bonds. The Labute approximate surface area is 232 Å². The topological polar surface area (TPSA) is 9.23 Å². The van der Waals surface area contributed by atoms with E-state index in [9.17, 15) is 8.78 Å². The predicted molar refractivity (Wildman–Crippen MR) is 156 cm³/mol. The van der Waals surface area contributed by atoms with Crippen molar-refractivity contribution < 1.29 is 13.5 Å². The van der Waals surface area contributed by atoms with Gasteiger partial charge in [-0.15, -0.1) is 0 Å². The highest BCUT2D eigenvalue weighted by Gasteiger charge is 2.32. The Morgan fingerprint density at radius 3 is 2.03 bits per heavy atom. The van der Waals surface area contributed by atoms with Gasteiger partial charge in [-0.25, -0.2) is 4.39 Å². The van der Waals surface area contributed by atoms with Crippen LogP contribution in [0.1, 0.15) is 141 Å². The Balaban J connectivity index is 1.13. The molecular formula is C35H54F2O. The van der Waals surface area contributed by atoms with Crippen molar-refractivity contribution in [1.29, 1.82) is 0 Å². The van der Waals surface area contributed by atoms with E-state index in [4.69, 9.17) is 4.74 Å². The zero-order chi connectivity index (χ0) is 26.7. The van der Waals surface area contributed by atoms with Crippen molar-refractivity contribution in [2.45, 2.75) is 135 Å². The van der Waals surface area contributed by atoms with E-state index in [1.54, 1.807) is 12.1 Å². The van der Waals surface area contributed by atoms with Gasteiger partial charge in [0, 0.05) is 0 Å². The molecule has 1 aromatic rings. The van der Waals surface area contributed by atoms with Crippen LogP contribution < -0.4 is 4.74 Å². The number of rotatable bonds is 12. The monoisotopic (exact) mass is 528 g/mol. The molecule has 0 aliphatic heterocycles. The van der Waals surface area contributed by atoms with E-state index in [2.05, 4.69) is 26.0 Å². The van der Waals surface area contributed by atoms with Gasteiger partial charge in [0.25, 0.3) is 0 Å². The Kier molecular flexibility index (Phi) is 12.0. The lowest BCUT2D eigenvalue weighted by atomic mass is 9.68. The maximum absolute atomic E-state index is 14.9. The van der Waals surface area contributed by atoms with Gasteiger partial charge in [-0.05, 0) is 131 Å². The minimum Gasteiger partial charge on any atom is -0.490 e. The molecule has 0 spiro atoms. The quantitative estimate of drug-likeness (QED) is 0.194. The number of unbranched alkanes of at least 4 members (excludes halogenated alkanes) is 1. The molecule has 3 heteroatoms. The third-order valence-electron chi connectivity index (χ3n) is 10.3. The van der Waals surface area contributed by atoms with Gasteiger partial charge in [-0.3, -0.25) is 0 Å². The highest BCUT2D eigenvalue weighted by molar-refractivity contribution is 5.33. The average Bonchev–Trinajstić information content (AvgIpc) is 2.95. The number of benzene rings is 1. The molecule has 0 aromatic heterocycles. The van der Waals surface area contributed by atoms with Crippen LogP contribution in [0.3, 0.4) is 0 Å². The largest absolute Gasteiger partial charge is 0.490 e. The molecule has 38 heavy (non-hydrogen) atoms. The molecule has 0 radical (unpaired) electrons. The predicted octanol–water partition coefficient (Wildman–Crippen LogP) is 11.2. The summed E-state index contributed by atoms with van der Waals surface area (Å²) in [6.45, 7) is 4.82. The molecule has 0 bridgehead atoms. The Hall–Kier alpha value is -1.38. The number of ether oxygens (including phenoxy) is 1. The number of allylic oxidation sites excluding steroid dienone is 2. The second-order valence-electron chi connectivity index (χ2n) is 13.0. The van der Waals surface area contributed by atoms with Gasteiger partial charge in [-0.2, -0.15) is 4.39 Å². The smallest absolute Gasteiger partial charge is 0.200 e. The van der Waals surface area contributed by atoms with Crippen molar-refractivity contribution in [3.63, 3.8) is 0 Å². The molecule has 3 aliphatic carbocycles. The van der Waals surface area contributed by atoms with Crippen LogP contribution in [0.25, 0.3) is 0 Å². The van der Waals surface area contributed by atoms with Crippen LogP contribution in [-0.4, -0.2) is 6.61 Å². The molecule has 0 heterocycles. The second kappa shape index (κ2) is 15.4. The molecule has 0 saturated heterocycles. The first-order chi connectivity index (χ1) is 18.6. The van der Waals surface area contributed by atoms with E-state index in [1.807, 2.05) is 0 Å². The number of hydrogen-bond donors (Lipinski definition) is 0. The molecular weight excluding hydrogens is 474 g/mol. The summed E-state index contributed by atoms with van der Waals surface area (Å²) in [6, 6.07) is 3.42. The molecule has 1 nitrogen and oxygen atoms in total. The van der Waals surface area contributed by atoms with Crippen molar-refractivity contribution in [2.75, 3.05) is 6.61 Å². The summed E-state index contributed by atoms with van der Waals surface area (Å²) in [5.74, 6) is 3.11. The van der Waals surface area contributed by atoms with Gasteiger partial charge < -0.3 is 4.74 Å². The van der Waals surface area contributed by atoms with E-state index >= 15 is 0 Å². The van der Waals surface area contributed by atoms with Crippen molar-refractivity contribution in [2.24, 2.45) is 29.6 Å². The SMILES string of the molecule is CCCCOc1ccc(C2CCC(C3CCC(CC/C=C/C4CCC(CCC)CC4)CC3)CC2)c(F)c1F. The lowest BCUT2D eigenvalue weighted by Gasteiger charge is -2.38. The van der Waals surface area contributed by atoms with E-state index in [0.717, 1.165) is 55.3 Å². The summed E-state index contributed by atoms with van der Waals surface area (Å²) in [4.78, 5) is 0. The fourth-order valence-corrected chi connectivity index (χ4v) is 7.85. The molecule has 3 fully saturated rings. The van der Waals surface area contributed by atoms with Crippen LogP contribution >= 0.6 is 0 Å². The summed E-state index contributed by atoms with van der Waals surface area (Å²) in [5.41, 5.74) is 0.564. The average molecular weight is 529 g/mol. The molecule has 4 rings (SSSR count). The molecule has 0 N–H and O–H groups in total. The summed E-state index contributed by atoms with van der Waals surface area (Å²) in [7, 11) is 0. The summed E-state index contributed by atoms with van der Waals surface area (Å²) < 4.78 is 34.9. The first kappa shape index (κ1) is 29.6. The van der Waals surface area contributed by atoms with E-state index < -0.39 is 11.6 Å². The lowest BCUT2D eigenvalue weighted by molar-refractivity contribution is 0.156. The highest BCUT2D eigenvalue weighted by atomic mass is 19.2. The normalized spacial score (nSPS) is 30.5. The zero-order valence-electron chi connectivity index (χ0n) is 24.4. The Bertz CT molecular complexity index is 840. The van der Waals surface area contributed by atoms with Crippen LogP contribution in [0, 0.1) is 41.2 Å². The van der Waals surface area contributed by atoms with Crippen molar-refractivity contribution in [1.82, 2.24) is 0 Å². The molecule has 1 aromatic carbocycles. The molecule has 0 atom stereocenters. The van der Waals surface area contributed by atoms with E-state index in [0.29, 0.717) is 12.2 Å². The maximum Gasteiger partial charge on any atom is 0.200 e. The van der Waals surface area contributed by atoms with Gasteiger partial charge in [0.15, 0.2) is 11.6 Å². The first-order valence-electron chi connectivity index (χ1n) is 16.4. The minimum absolute atomic E-state index is 0.0650. The van der Waals surface area contributed by atoms with E-state index in [-0.39, 0.29) is 11.7 Å². The summed E-state index contributed by atoms with van der Waals surface area (Å²) >= 11 is 0. The molecule has 214 valence electrons. The fourth-order valence-electron chi connectivity index (χ4n) is 7.85. The Morgan fingerprint density at radius 2 is 1.37 bits per heavy atom. The first-order valence-corrected chi connectivity index (χ1v) is 16.4. The lowest BCUT2D eigenvalue weighted by Crippen LogP contribution is -2.25. The van der Waals surface area contributed by atoms with Crippen LogP contribution in [0.2, 0.25) is 0 Å². The summed E-state index contributed by atoms with van der Waals surface area (Å²) in [5, 5.41) is 0. The molecule has 0 unspecified atom stereocenters. The third-order valence-corrected chi connectivity index (χ3v) is 10.3. The van der Waals surface area contributed by atoms with Gasteiger partial charge in [-0.1, -0.05) is 64.2 Å². The van der Waals surface area contributed by atoms with Crippen molar-refractivity contribution in [3.8, 4) is 5.75 Å². The fraction of sp³-hybridized carbons (Fsp3) is 0.771. The second-order valence-corrected chi connectivity index (χ2v) is 13.0. The highest BCUT2D eigenvalue weighted by Crippen LogP contribution is 2.45. The summed E-state index contributed by atoms with van der Waals surface area (Å²) in [6.07, 6.45) is 27.8. The Morgan fingerprint density at radius 1 is 0.737 bits per heavy atom. The van der Waals surface area contributed by atoms with Gasteiger partial charge >= 0.3 is 0 Å². The van der Waals surface area contributed by atoms with Gasteiger partial charge in [0.05, 0.1) is 6.61 Å². The standard InChI is InChI=1S/C35H54F2O/c1-3-5-25-38-33-24-23-32(34(36)35(33)37)31-21-19-30(20-22-31)29-17-15-28(16-18-29)10-7-6-9-27-13-11-26(8-4-2)12-14-27/h6,9,23-24,26-31H,3-5,7-8,10-22,25H2,1-2H3/b9-6+. The van der Waals surface area contributed by atoms with Crippen LogP contribution in [0.15, 0.2) is 24.3 Å². The minimum atomic E-state index is -0.798. The van der Waals surface area contributed by atoms with Crippen LogP contribution in [-0.2, 0) is 0 Å². The number of hydrogen-bond acceptors (Lipinski definition) is 1. The van der Waals surface area contributed by atoms with Gasteiger partial charge in [0.2, 0.25) is 5.82 Å². The van der Waals surface area contributed by atoms with Crippen LogP contribution in [0.4, 0.5) is 8.78 Å².